The Balaban J connectivity index is 2.56. The maximum absolute atomic E-state index is 11.5. The Bertz CT molecular complexity index is 789. The highest BCUT2D eigenvalue weighted by Gasteiger charge is 2.05. The molecule has 2 heterocycles. The molecule has 16 heavy (non-hydrogen) atoms. The summed E-state index contributed by atoms with van der Waals surface area (Å²) >= 11 is 0. The van der Waals surface area contributed by atoms with Crippen molar-refractivity contribution in [2.75, 3.05) is 0 Å². The third kappa shape index (κ3) is 1.06. The van der Waals surface area contributed by atoms with E-state index in [1.165, 1.54) is 6.33 Å². The van der Waals surface area contributed by atoms with E-state index in [9.17, 15) is 4.79 Å². The Morgan fingerprint density at radius 3 is 3.00 bits per heavy atom. The second kappa shape index (κ2) is 2.97. The second-order valence-corrected chi connectivity index (χ2v) is 3.48. The number of nitrogens with one attached hydrogen (secondary N) is 1. The van der Waals surface area contributed by atoms with Crippen LogP contribution in [0, 0.1) is 12.3 Å². The fourth-order valence-electron chi connectivity index (χ4n) is 1.80. The van der Waals surface area contributed by atoms with E-state index in [2.05, 4.69) is 16.0 Å². The molecule has 4 heteroatoms. The van der Waals surface area contributed by atoms with Crippen molar-refractivity contribution in [3.05, 3.63) is 46.5 Å². The molecule has 1 N–H and O–H groups in total. The van der Waals surface area contributed by atoms with Gasteiger partial charge in [0, 0.05) is 10.9 Å². The lowest BCUT2D eigenvalue weighted by molar-refractivity contribution is 0.914. The number of aromatic amines is 1. The highest BCUT2D eigenvalue weighted by molar-refractivity contribution is 5.87. The highest BCUT2D eigenvalue weighted by Crippen LogP contribution is 2.18. The summed E-state index contributed by atoms with van der Waals surface area (Å²) in [6.07, 6.45) is 6.70. The van der Waals surface area contributed by atoms with Gasteiger partial charge in [-0.05, 0) is 24.3 Å². The maximum Gasteiger partial charge on any atom is 0.275 e. The molecule has 0 saturated carbocycles. The van der Waals surface area contributed by atoms with Crippen LogP contribution in [0.15, 0.2) is 35.4 Å². The van der Waals surface area contributed by atoms with Crippen molar-refractivity contribution >= 4 is 16.4 Å². The van der Waals surface area contributed by atoms with Crippen LogP contribution < -0.4 is 5.56 Å². The van der Waals surface area contributed by atoms with Gasteiger partial charge in [-0.2, -0.15) is 5.10 Å². The van der Waals surface area contributed by atoms with Crippen molar-refractivity contribution in [3.8, 4) is 12.3 Å². The number of hydrogen-bond acceptors (Lipinski definition) is 2. The van der Waals surface area contributed by atoms with Crippen molar-refractivity contribution in [1.82, 2.24) is 14.6 Å². The fraction of sp³-hybridized carbons (Fsp3) is 0. The Hall–Kier alpha value is -2.54. The molecular formula is C12H7N3O. The maximum atomic E-state index is 11.5. The van der Waals surface area contributed by atoms with Gasteiger partial charge in [-0.25, -0.2) is 4.52 Å². The molecule has 1 aromatic carbocycles. The Morgan fingerprint density at radius 2 is 2.19 bits per heavy atom. The number of nitrogens with zero attached hydrogens (tertiary/aromatic N) is 2. The molecule has 0 radical (unpaired) electrons. The standard InChI is InChI=1S/C12H7N3O/c1-2-8-3-4-10-9(5-8)6-11-12(16)13-7-14-15(10)11/h1,3-7H,(H,13,14,16). The molecule has 0 bridgehead atoms. The van der Waals surface area contributed by atoms with Crippen molar-refractivity contribution in [2.45, 2.75) is 0 Å². The molecule has 3 rings (SSSR count). The van der Waals surface area contributed by atoms with Gasteiger partial charge in [0.05, 0.1) is 5.52 Å². The summed E-state index contributed by atoms with van der Waals surface area (Å²) in [5.74, 6) is 2.56. The molecule has 0 amide bonds. The monoisotopic (exact) mass is 209 g/mol. The van der Waals surface area contributed by atoms with Gasteiger partial charge >= 0.3 is 0 Å². The van der Waals surface area contributed by atoms with Gasteiger partial charge in [0.1, 0.15) is 11.8 Å². The lowest BCUT2D eigenvalue weighted by atomic mass is 10.2. The van der Waals surface area contributed by atoms with Crippen LogP contribution in [-0.2, 0) is 0 Å². The SMILES string of the molecule is C#Cc1ccc2c(c1)cc1c(=O)[nH]cnn12. The number of terminal acetylenes is 1. The van der Waals surface area contributed by atoms with Crippen LogP contribution in [0.25, 0.3) is 16.4 Å². The first-order valence-corrected chi connectivity index (χ1v) is 4.75. The summed E-state index contributed by atoms with van der Waals surface area (Å²) in [6, 6.07) is 7.34. The summed E-state index contributed by atoms with van der Waals surface area (Å²) in [4.78, 5) is 14.1. The molecule has 0 unspecified atom stereocenters. The van der Waals surface area contributed by atoms with E-state index < -0.39 is 0 Å². The van der Waals surface area contributed by atoms with E-state index in [0.717, 1.165) is 16.5 Å². The number of rotatable bonds is 0. The molecule has 4 nitrogen and oxygen atoms in total. The van der Waals surface area contributed by atoms with Crippen LogP contribution in [-0.4, -0.2) is 14.6 Å². The molecule has 3 aromatic rings. The van der Waals surface area contributed by atoms with Crippen molar-refractivity contribution in [2.24, 2.45) is 0 Å². The predicted molar refractivity (Wildman–Crippen MR) is 61.3 cm³/mol. The molecule has 0 saturated heterocycles. The van der Waals surface area contributed by atoms with Gasteiger partial charge < -0.3 is 4.98 Å². The number of fused-ring (bicyclic) bond motifs is 3. The Kier molecular flexibility index (Phi) is 1.62. The zero-order chi connectivity index (χ0) is 11.1. The average molecular weight is 209 g/mol. The lowest BCUT2D eigenvalue weighted by Crippen LogP contribution is -2.09. The molecule has 0 atom stereocenters. The van der Waals surface area contributed by atoms with Crippen molar-refractivity contribution < 1.29 is 0 Å². The number of hydrogen-bond donors (Lipinski definition) is 1. The summed E-state index contributed by atoms with van der Waals surface area (Å²) in [7, 11) is 0. The summed E-state index contributed by atoms with van der Waals surface area (Å²) < 4.78 is 1.61. The molecular weight excluding hydrogens is 202 g/mol. The molecule has 2 aromatic heterocycles. The van der Waals surface area contributed by atoms with E-state index in [4.69, 9.17) is 6.42 Å². The van der Waals surface area contributed by atoms with Gasteiger partial charge in [-0.1, -0.05) is 5.92 Å². The van der Waals surface area contributed by atoms with Gasteiger partial charge in [-0.3, -0.25) is 4.79 Å². The normalized spacial score (nSPS) is 10.7. The first-order valence-electron chi connectivity index (χ1n) is 4.75. The molecule has 0 aliphatic heterocycles. The van der Waals surface area contributed by atoms with E-state index in [1.54, 1.807) is 10.6 Å². The van der Waals surface area contributed by atoms with Gasteiger partial charge in [0.25, 0.3) is 5.56 Å². The van der Waals surface area contributed by atoms with Gasteiger partial charge in [0.2, 0.25) is 0 Å². The number of H-pyrrole nitrogens is 1. The smallest absolute Gasteiger partial charge is 0.275 e. The van der Waals surface area contributed by atoms with Crippen LogP contribution in [0.5, 0.6) is 0 Å². The zero-order valence-corrected chi connectivity index (χ0v) is 8.27. The third-order valence-corrected chi connectivity index (χ3v) is 2.54. The van der Waals surface area contributed by atoms with Crippen LogP contribution in [0.4, 0.5) is 0 Å². The number of aromatic nitrogens is 3. The Morgan fingerprint density at radius 1 is 1.31 bits per heavy atom. The largest absolute Gasteiger partial charge is 0.310 e. The van der Waals surface area contributed by atoms with Crippen LogP contribution in [0.2, 0.25) is 0 Å². The first-order chi connectivity index (χ1) is 7.79. The van der Waals surface area contributed by atoms with Crippen molar-refractivity contribution in [3.63, 3.8) is 0 Å². The number of benzene rings is 1. The van der Waals surface area contributed by atoms with Crippen LogP contribution in [0.3, 0.4) is 0 Å². The molecule has 0 aliphatic carbocycles. The quantitative estimate of drug-likeness (QED) is 0.565. The Labute approximate surface area is 90.5 Å². The van der Waals surface area contributed by atoms with Crippen LogP contribution in [0.1, 0.15) is 5.56 Å². The van der Waals surface area contributed by atoms with Gasteiger partial charge in [-0.15, -0.1) is 6.42 Å². The second-order valence-electron chi connectivity index (χ2n) is 3.48. The molecule has 0 fully saturated rings. The fourth-order valence-corrected chi connectivity index (χ4v) is 1.80. The summed E-state index contributed by atoms with van der Waals surface area (Å²) in [6.45, 7) is 0. The third-order valence-electron chi connectivity index (χ3n) is 2.54. The molecule has 0 spiro atoms. The minimum absolute atomic E-state index is 0.159. The summed E-state index contributed by atoms with van der Waals surface area (Å²) in [5, 5.41) is 5.01. The predicted octanol–water partition coefficient (Wildman–Crippen LogP) is 1.16. The van der Waals surface area contributed by atoms with E-state index >= 15 is 0 Å². The van der Waals surface area contributed by atoms with Gasteiger partial charge in [0.15, 0.2) is 0 Å². The average Bonchev–Trinajstić information content (AvgIpc) is 2.68. The van der Waals surface area contributed by atoms with E-state index in [1.807, 2.05) is 18.2 Å². The first kappa shape index (κ1) is 8.74. The zero-order valence-electron chi connectivity index (χ0n) is 8.27. The van der Waals surface area contributed by atoms with Crippen molar-refractivity contribution in [1.29, 1.82) is 0 Å². The minimum atomic E-state index is -0.159. The topological polar surface area (TPSA) is 50.2 Å². The van der Waals surface area contributed by atoms with E-state index in [-0.39, 0.29) is 5.56 Å². The lowest BCUT2D eigenvalue weighted by Gasteiger charge is -1.94. The van der Waals surface area contributed by atoms with Crippen LogP contribution >= 0.6 is 0 Å². The summed E-state index contributed by atoms with van der Waals surface area (Å²) in [5.41, 5.74) is 2.03. The molecule has 76 valence electrons. The molecule has 0 aliphatic rings. The van der Waals surface area contributed by atoms with E-state index in [0.29, 0.717) is 5.52 Å². The highest BCUT2D eigenvalue weighted by atomic mass is 16.1. The minimum Gasteiger partial charge on any atom is -0.310 e.